The topological polar surface area (TPSA) is 84.7 Å². The molecular formula is C15H16ClN3O4. The number of amides is 1. The molecule has 1 saturated heterocycles. The van der Waals surface area contributed by atoms with Crippen molar-refractivity contribution in [1.82, 2.24) is 14.7 Å². The molecule has 122 valence electrons. The van der Waals surface area contributed by atoms with E-state index >= 15 is 0 Å². The predicted octanol–water partition coefficient (Wildman–Crippen LogP) is 3.16. The number of hydrogen-bond acceptors (Lipinski definition) is 4. The molecule has 2 heterocycles. The standard InChI is InChI=1S/C15H16ClN3O4/c1-23-15(22)19-12-8-10(16)2-3-11(12)13(17-19)9-4-6-18(7-5-9)14(20)21/h2-3,8-9H,4-7H2,1H3,(H,20,21). The normalized spacial score (nSPS) is 15.8. The average molecular weight is 338 g/mol. The Bertz CT molecular complexity index is 765. The molecule has 0 radical (unpaired) electrons. The number of ether oxygens (including phenoxy) is 1. The fourth-order valence-corrected chi connectivity index (χ4v) is 3.15. The Morgan fingerprint density at radius 2 is 2.04 bits per heavy atom. The highest BCUT2D eigenvalue weighted by Gasteiger charge is 2.28. The number of carboxylic acid groups (broad SMARTS) is 1. The predicted molar refractivity (Wildman–Crippen MR) is 84.1 cm³/mol. The van der Waals surface area contributed by atoms with Crippen molar-refractivity contribution in [1.29, 1.82) is 0 Å². The molecule has 0 unspecified atom stereocenters. The number of methoxy groups -OCH3 is 1. The molecule has 0 bridgehead atoms. The molecule has 3 rings (SSSR count). The van der Waals surface area contributed by atoms with Gasteiger partial charge in [-0.1, -0.05) is 11.6 Å². The van der Waals surface area contributed by atoms with E-state index in [1.165, 1.54) is 16.7 Å². The molecule has 1 aliphatic heterocycles. The molecule has 1 N–H and O–H groups in total. The molecular weight excluding hydrogens is 322 g/mol. The van der Waals surface area contributed by atoms with E-state index < -0.39 is 12.2 Å². The van der Waals surface area contributed by atoms with Gasteiger partial charge in [0, 0.05) is 29.4 Å². The minimum Gasteiger partial charge on any atom is -0.465 e. The third-order valence-corrected chi connectivity index (χ3v) is 4.41. The molecule has 1 fully saturated rings. The number of benzene rings is 1. The molecule has 0 saturated carbocycles. The Labute approximate surface area is 137 Å². The number of piperidine rings is 1. The van der Waals surface area contributed by atoms with Crippen LogP contribution in [-0.2, 0) is 4.74 Å². The SMILES string of the molecule is COC(=O)n1nc(C2CCN(C(=O)O)CC2)c2ccc(Cl)cc21. The molecule has 1 aromatic heterocycles. The number of carbonyl (C=O) groups is 2. The number of rotatable bonds is 1. The van der Waals surface area contributed by atoms with E-state index in [0.717, 1.165) is 11.1 Å². The van der Waals surface area contributed by atoms with Crippen LogP contribution in [0.15, 0.2) is 18.2 Å². The second kappa shape index (κ2) is 6.08. The maximum absolute atomic E-state index is 11.9. The van der Waals surface area contributed by atoms with Crippen molar-refractivity contribution in [2.75, 3.05) is 20.2 Å². The van der Waals surface area contributed by atoms with Crippen LogP contribution in [-0.4, -0.2) is 52.2 Å². The third kappa shape index (κ3) is 2.84. The van der Waals surface area contributed by atoms with Crippen molar-refractivity contribution in [2.24, 2.45) is 0 Å². The number of carbonyl (C=O) groups excluding carboxylic acids is 1. The van der Waals surface area contributed by atoms with Crippen LogP contribution in [0.3, 0.4) is 0 Å². The summed E-state index contributed by atoms with van der Waals surface area (Å²) in [6.07, 6.45) is -0.142. The van der Waals surface area contributed by atoms with Gasteiger partial charge in [0.1, 0.15) is 0 Å². The van der Waals surface area contributed by atoms with Crippen molar-refractivity contribution in [3.05, 3.63) is 28.9 Å². The second-order valence-corrected chi connectivity index (χ2v) is 5.91. The van der Waals surface area contributed by atoms with Gasteiger partial charge in [0.05, 0.1) is 18.3 Å². The van der Waals surface area contributed by atoms with Gasteiger partial charge in [0.2, 0.25) is 0 Å². The second-order valence-electron chi connectivity index (χ2n) is 5.47. The fourth-order valence-electron chi connectivity index (χ4n) is 2.98. The third-order valence-electron chi connectivity index (χ3n) is 4.17. The molecule has 2 aromatic rings. The number of fused-ring (bicyclic) bond motifs is 1. The van der Waals surface area contributed by atoms with Crippen molar-refractivity contribution in [2.45, 2.75) is 18.8 Å². The molecule has 0 aliphatic carbocycles. The number of hydrogen-bond donors (Lipinski definition) is 1. The van der Waals surface area contributed by atoms with Crippen molar-refractivity contribution >= 4 is 34.7 Å². The van der Waals surface area contributed by atoms with Crippen LogP contribution in [0, 0.1) is 0 Å². The summed E-state index contributed by atoms with van der Waals surface area (Å²) in [6.45, 7) is 0.917. The molecule has 8 heteroatoms. The lowest BCUT2D eigenvalue weighted by atomic mass is 9.92. The minimum atomic E-state index is -0.903. The number of aromatic nitrogens is 2. The number of likely N-dealkylation sites (tertiary alicyclic amines) is 1. The van der Waals surface area contributed by atoms with Crippen molar-refractivity contribution in [3.63, 3.8) is 0 Å². The van der Waals surface area contributed by atoms with E-state index in [1.807, 2.05) is 6.07 Å². The van der Waals surface area contributed by atoms with Gasteiger partial charge < -0.3 is 14.7 Å². The molecule has 1 aromatic carbocycles. The van der Waals surface area contributed by atoms with Gasteiger partial charge in [0.15, 0.2) is 0 Å². The fraction of sp³-hybridized carbons (Fsp3) is 0.400. The molecule has 1 amide bonds. The maximum atomic E-state index is 11.9. The number of halogens is 1. The zero-order valence-corrected chi connectivity index (χ0v) is 13.3. The summed E-state index contributed by atoms with van der Waals surface area (Å²) in [5.41, 5.74) is 1.38. The summed E-state index contributed by atoms with van der Waals surface area (Å²) >= 11 is 6.02. The maximum Gasteiger partial charge on any atom is 0.434 e. The summed E-state index contributed by atoms with van der Waals surface area (Å²) in [6, 6.07) is 5.27. The highest BCUT2D eigenvalue weighted by atomic mass is 35.5. The lowest BCUT2D eigenvalue weighted by Crippen LogP contribution is -2.36. The largest absolute Gasteiger partial charge is 0.465 e. The summed E-state index contributed by atoms with van der Waals surface area (Å²) in [5, 5.41) is 14.8. The van der Waals surface area contributed by atoms with Gasteiger partial charge in [-0.3, -0.25) is 0 Å². The Balaban J connectivity index is 1.98. The molecule has 23 heavy (non-hydrogen) atoms. The Kier molecular flexibility index (Phi) is 4.12. The van der Waals surface area contributed by atoms with E-state index in [4.69, 9.17) is 21.4 Å². The highest BCUT2D eigenvalue weighted by Crippen LogP contribution is 2.33. The van der Waals surface area contributed by atoms with Crippen LogP contribution >= 0.6 is 11.6 Å². The Morgan fingerprint density at radius 3 is 2.65 bits per heavy atom. The van der Waals surface area contributed by atoms with E-state index in [1.54, 1.807) is 12.1 Å². The molecule has 1 aliphatic rings. The van der Waals surface area contributed by atoms with Gasteiger partial charge in [0.25, 0.3) is 0 Å². The molecule has 0 atom stereocenters. The van der Waals surface area contributed by atoms with E-state index in [0.29, 0.717) is 36.5 Å². The van der Waals surface area contributed by atoms with Gasteiger partial charge in [-0.2, -0.15) is 9.78 Å². The van der Waals surface area contributed by atoms with Crippen LogP contribution in [0.1, 0.15) is 24.5 Å². The van der Waals surface area contributed by atoms with Gasteiger partial charge >= 0.3 is 12.2 Å². The van der Waals surface area contributed by atoms with E-state index in [-0.39, 0.29) is 5.92 Å². The van der Waals surface area contributed by atoms with Crippen LogP contribution in [0.2, 0.25) is 5.02 Å². The van der Waals surface area contributed by atoms with Crippen LogP contribution < -0.4 is 0 Å². The first-order valence-corrected chi connectivity index (χ1v) is 7.63. The summed E-state index contributed by atoms with van der Waals surface area (Å²) in [5.74, 6) is 0.0974. The summed E-state index contributed by atoms with van der Waals surface area (Å²) in [7, 11) is 1.30. The van der Waals surface area contributed by atoms with Crippen LogP contribution in [0.25, 0.3) is 10.9 Å². The minimum absolute atomic E-state index is 0.0974. The summed E-state index contributed by atoms with van der Waals surface area (Å²) in [4.78, 5) is 24.3. The highest BCUT2D eigenvalue weighted by molar-refractivity contribution is 6.31. The average Bonchev–Trinajstić information content (AvgIpc) is 2.92. The quantitative estimate of drug-likeness (QED) is 0.864. The van der Waals surface area contributed by atoms with Gasteiger partial charge in [-0.25, -0.2) is 9.59 Å². The van der Waals surface area contributed by atoms with E-state index in [2.05, 4.69) is 5.10 Å². The van der Waals surface area contributed by atoms with Crippen molar-refractivity contribution < 1.29 is 19.4 Å². The first-order chi connectivity index (χ1) is 11.0. The monoisotopic (exact) mass is 337 g/mol. The van der Waals surface area contributed by atoms with Gasteiger partial charge in [-0.05, 0) is 31.0 Å². The Morgan fingerprint density at radius 1 is 1.35 bits per heavy atom. The summed E-state index contributed by atoms with van der Waals surface area (Å²) < 4.78 is 5.97. The molecule has 0 spiro atoms. The smallest absolute Gasteiger partial charge is 0.434 e. The zero-order chi connectivity index (χ0) is 16.6. The van der Waals surface area contributed by atoms with Crippen molar-refractivity contribution in [3.8, 4) is 0 Å². The first kappa shape index (κ1) is 15.6. The first-order valence-electron chi connectivity index (χ1n) is 7.25. The number of nitrogens with zero attached hydrogens (tertiary/aromatic N) is 3. The lowest BCUT2D eigenvalue weighted by molar-refractivity contribution is 0.132. The lowest BCUT2D eigenvalue weighted by Gasteiger charge is -2.29. The van der Waals surface area contributed by atoms with Gasteiger partial charge in [-0.15, -0.1) is 0 Å². The van der Waals surface area contributed by atoms with E-state index in [9.17, 15) is 9.59 Å². The Hall–Kier alpha value is -2.28. The van der Waals surface area contributed by atoms with Crippen LogP contribution in [0.4, 0.5) is 9.59 Å². The molecule has 7 nitrogen and oxygen atoms in total. The zero-order valence-electron chi connectivity index (χ0n) is 12.5. The van der Waals surface area contributed by atoms with Crippen LogP contribution in [0.5, 0.6) is 0 Å².